The van der Waals surface area contributed by atoms with Gasteiger partial charge in [-0.3, -0.25) is 5.10 Å². The third-order valence-electron chi connectivity index (χ3n) is 2.35. The zero-order valence-corrected chi connectivity index (χ0v) is 9.04. The molecule has 0 atom stereocenters. The molecule has 1 aromatic heterocycles. The molecule has 2 rings (SSSR count). The van der Waals surface area contributed by atoms with Crippen LogP contribution in [0.15, 0.2) is 30.3 Å². The van der Waals surface area contributed by atoms with Crippen LogP contribution < -0.4 is 5.32 Å². The van der Waals surface area contributed by atoms with Crippen molar-refractivity contribution in [2.75, 3.05) is 7.05 Å². The molecule has 2 N–H and O–H groups in total. The summed E-state index contributed by atoms with van der Waals surface area (Å²) in [6.45, 7) is 2.90. The van der Waals surface area contributed by atoms with E-state index in [1.165, 1.54) is 5.56 Å². The molecule has 3 heteroatoms. The third kappa shape index (κ3) is 2.25. The summed E-state index contributed by atoms with van der Waals surface area (Å²) in [5, 5.41) is 10.4. The Morgan fingerprint density at radius 2 is 2.00 bits per heavy atom. The van der Waals surface area contributed by atoms with Crippen molar-refractivity contribution in [2.45, 2.75) is 13.5 Å². The van der Waals surface area contributed by atoms with E-state index >= 15 is 0 Å². The summed E-state index contributed by atoms with van der Waals surface area (Å²) in [6, 6.07) is 10.5. The highest BCUT2D eigenvalue weighted by molar-refractivity contribution is 5.59. The van der Waals surface area contributed by atoms with Gasteiger partial charge in [0.05, 0.1) is 5.69 Å². The van der Waals surface area contributed by atoms with Crippen molar-refractivity contribution in [1.82, 2.24) is 15.5 Å². The van der Waals surface area contributed by atoms with Gasteiger partial charge in [0.2, 0.25) is 0 Å². The Kier molecular flexibility index (Phi) is 2.83. The van der Waals surface area contributed by atoms with Gasteiger partial charge >= 0.3 is 0 Å². The largest absolute Gasteiger partial charge is 0.314 e. The normalized spacial score (nSPS) is 10.5. The SMILES string of the molecule is CNCc1cc(-c2ccc(C)cc2)n[nH]1. The second-order valence-electron chi connectivity index (χ2n) is 3.67. The molecule has 15 heavy (non-hydrogen) atoms. The Morgan fingerprint density at radius 1 is 1.27 bits per heavy atom. The molecule has 3 nitrogen and oxygen atoms in total. The van der Waals surface area contributed by atoms with Crippen LogP contribution >= 0.6 is 0 Å². The van der Waals surface area contributed by atoms with E-state index in [0.717, 1.165) is 23.5 Å². The number of nitrogens with one attached hydrogen (secondary N) is 2. The lowest BCUT2D eigenvalue weighted by Gasteiger charge is -1.96. The second-order valence-corrected chi connectivity index (χ2v) is 3.67. The fourth-order valence-corrected chi connectivity index (χ4v) is 1.51. The van der Waals surface area contributed by atoms with Crippen molar-refractivity contribution in [3.05, 3.63) is 41.6 Å². The summed E-state index contributed by atoms with van der Waals surface area (Å²) in [5.74, 6) is 0. The summed E-state index contributed by atoms with van der Waals surface area (Å²) in [4.78, 5) is 0. The van der Waals surface area contributed by atoms with Crippen LogP contribution in [0.2, 0.25) is 0 Å². The molecule has 0 spiro atoms. The lowest BCUT2D eigenvalue weighted by atomic mass is 10.1. The standard InChI is InChI=1S/C12H15N3/c1-9-3-5-10(6-4-9)12-7-11(8-13-2)14-15-12/h3-7,13H,8H2,1-2H3,(H,14,15). The molecule has 1 heterocycles. The first-order valence-electron chi connectivity index (χ1n) is 5.05. The van der Waals surface area contributed by atoms with E-state index in [0.29, 0.717) is 0 Å². The van der Waals surface area contributed by atoms with Crippen LogP contribution in [-0.4, -0.2) is 17.2 Å². The van der Waals surface area contributed by atoms with Crippen LogP contribution in [-0.2, 0) is 6.54 Å². The van der Waals surface area contributed by atoms with Crippen LogP contribution in [0.4, 0.5) is 0 Å². The molecule has 0 unspecified atom stereocenters. The molecule has 0 saturated heterocycles. The lowest BCUT2D eigenvalue weighted by Crippen LogP contribution is -2.04. The number of H-pyrrole nitrogens is 1. The number of hydrogen-bond donors (Lipinski definition) is 2. The predicted molar refractivity (Wildman–Crippen MR) is 61.5 cm³/mol. The Morgan fingerprint density at radius 3 is 2.67 bits per heavy atom. The number of aromatic nitrogens is 2. The molecule has 0 bridgehead atoms. The van der Waals surface area contributed by atoms with Crippen molar-refractivity contribution < 1.29 is 0 Å². The first-order valence-corrected chi connectivity index (χ1v) is 5.05. The monoisotopic (exact) mass is 201 g/mol. The highest BCUT2D eigenvalue weighted by Crippen LogP contribution is 2.17. The maximum Gasteiger partial charge on any atom is 0.0924 e. The van der Waals surface area contributed by atoms with Crippen molar-refractivity contribution in [3.63, 3.8) is 0 Å². The molecule has 0 aliphatic heterocycles. The van der Waals surface area contributed by atoms with Gasteiger partial charge in [0.15, 0.2) is 0 Å². The van der Waals surface area contributed by atoms with Crippen molar-refractivity contribution >= 4 is 0 Å². The number of aryl methyl sites for hydroxylation is 1. The zero-order chi connectivity index (χ0) is 10.7. The average Bonchev–Trinajstić information content (AvgIpc) is 2.68. The fourth-order valence-electron chi connectivity index (χ4n) is 1.51. The number of benzene rings is 1. The minimum Gasteiger partial charge on any atom is -0.314 e. The minimum atomic E-state index is 0.818. The van der Waals surface area contributed by atoms with E-state index in [-0.39, 0.29) is 0 Å². The van der Waals surface area contributed by atoms with Gasteiger partial charge in [0, 0.05) is 17.8 Å². The summed E-state index contributed by atoms with van der Waals surface area (Å²) in [6.07, 6.45) is 0. The Balaban J connectivity index is 2.25. The predicted octanol–water partition coefficient (Wildman–Crippen LogP) is 2.10. The molecule has 0 amide bonds. The van der Waals surface area contributed by atoms with Gasteiger partial charge in [-0.05, 0) is 20.0 Å². The van der Waals surface area contributed by atoms with E-state index in [1.807, 2.05) is 7.05 Å². The van der Waals surface area contributed by atoms with Gasteiger partial charge in [0.1, 0.15) is 0 Å². The zero-order valence-electron chi connectivity index (χ0n) is 9.04. The van der Waals surface area contributed by atoms with Crippen LogP contribution in [0.5, 0.6) is 0 Å². The Hall–Kier alpha value is -1.61. The highest BCUT2D eigenvalue weighted by atomic mass is 15.1. The number of nitrogens with zero attached hydrogens (tertiary/aromatic N) is 1. The summed E-state index contributed by atoms with van der Waals surface area (Å²) in [7, 11) is 1.92. The number of hydrogen-bond acceptors (Lipinski definition) is 2. The van der Waals surface area contributed by atoms with Crippen LogP contribution in [0.1, 0.15) is 11.3 Å². The van der Waals surface area contributed by atoms with Crippen LogP contribution in [0, 0.1) is 6.92 Å². The quantitative estimate of drug-likeness (QED) is 0.798. The first-order chi connectivity index (χ1) is 7.29. The Labute approximate surface area is 89.5 Å². The van der Waals surface area contributed by atoms with Gasteiger partial charge in [-0.2, -0.15) is 5.10 Å². The molecule has 0 radical (unpaired) electrons. The average molecular weight is 201 g/mol. The fraction of sp³-hybridized carbons (Fsp3) is 0.250. The molecular formula is C12H15N3. The number of rotatable bonds is 3. The van der Waals surface area contributed by atoms with Crippen LogP contribution in [0.3, 0.4) is 0 Å². The minimum absolute atomic E-state index is 0.818. The molecule has 2 aromatic rings. The van der Waals surface area contributed by atoms with E-state index in [9.17, 15) is 0 Å². The smallest absolute Gasteiger partial charge is 0.0924 e. The lowest BCUT2D eigenvalue weighted by molar-refractivity contribution is 0.784. The first kappa shape index (κ1) is 9.93. The molecule has 1 aromatic carbocycles. The molecule has 0 fully saturated rings. The van der Waals surface area contributed by atoms with E-state index in [2.05, 4.69) is 52.8 Å². The topological polar surface area (TPSA) is 40.7 Å². The van der Waals surface area contributed by atoms with Crippen molar-refractivity contribution in [2.24, 2.45) is 0 Å². The van der Waals surface area contributed by atoms with Gasteiger partial charge < -0.3 is 5.32 Å². The molecule has 0 aliphatic rings. The van der Waals surface area contributed by atoms with Crippen LogP contribution in [0.25, 0.3) is 11.3 Å². The second kappa shape index (κ2) is 4.28. The summed E-state index contributed by atoms with van der Waals surface area (Å²) in [5.41, 5.74) is 4.53. The van der Waals surface area contributed by atoms with E-state index in [1.54, 1.807) is 0 Å². The molecule has 0 saturated carbocycles. The Bertz CT molecular complexity index is 428. The third-order valence-corrected chi connectivity index (χ3v) is 2.35. The van der Waals surface area contributed by atoms with E-state index in [4.69, 9.17) is 0 Å². The maximum atomic E-state index is 4.27. The van der Waals surface area contributed by atoms with Gasteiger partial charge in [-0.25, -0.2) is 0 Å². The van der Waals surface area contributed by atoms with Crippen molar-refractivity contribution in [3.8, 4) is 11.3 Å². The van der Waals surface area contributed by atoms with Gasteiger partial charge in [-0.1, -0.05) is 29.8 Å². The summed E-state index contributed by atoms with van der Waals surface area (Å²) >= 11 is 0. The highest BCUT2D eigenvalue weighted by Gasteiger charge is 2.02. The van der Waals surface area contributed by atoms with Crippen molar-refractivity contribution in [1.29, 1.82) is 0 Å². The van der Waals surface area contributed by atoms with E-state index < -0.39 is 0 Å². The summed E-state index contributed by atoms with van der Waals surface area (Å²) < 4.78 is 0. The maximum absolute atomic E-state index is 4.27. The van der Waals surface area contributed by atoms with Gasteiger partial charge in [0.25, 0.3) is 0 Å². The number of aromatic amines is 1. The van der Waals surface area contributed by atoms with Gasteiger partial charge in [-0.15, -0.1) is 0 Å². The molecule has 0 aliphatic carbocycles. The molecule has 78 valence electrons. The molecular weight excluding hydrogens is 186 g/mol.